The van der Waals surface area contributed by atoms with Crippen LogP contribution in [-0.4, -0.2) is 17.8 Å². The Hall–Kier alpha value is -1.16. The molecule has 4 heteroatoms. The average molecular weight is 187 g/mol. The van der Waals surface area contributed by atoms with E-state index in [0.29, 0.717) is 5.69 Å². The second kappa shape index (κ2) is 4.18. The van der Waals surface area contributed by atoms with Gasteiger partial charge in [0.25, 0.3) is 0 Å². The summed E-state index contributed by atoms with van der Waals surface area (Å²) in [6, 6.07) is 3.14. The Balaban J connectivity index is 2.66. The molecule has 0 aliphatic carbocycles. The maximum absolute atomic E-state index is 12.6. The number of hydrogen-bond donors (Lipinski definition) is 2. The van der Waals surface area contributed by atoms with E-state index < -0.39 is 17.7 Å². The zero-order valence-electron chi connectivity index (χ0n) is 7.22. The number of nitrogens with one attached hydrogen (secondary N) is 1. The van der Waals surface area contributed by atoms with E-state index >= 15 is 0 Å². The molecule has 13 heavy (non-hydrogen) atoms. The van der Waals surface area contributed by atoms with Crippen LogP contribution in [-0.2, 0) is 0 Å². The van der Waals surface area contributed by atoms with Crippen molar-refractivity contribution in [3.63, 3.8) is 0 Å². The molecule has 0 aromatic heterocycles. The predicted molar refractivity (Wildman–Crippen MR) is 46.5 cm³/mol. The van der Waals surface area contributed by atoms with Gasteiger partial charge in [0.15, 0.2) is 0 Å². The van der Waals surface area contributed by atoms with Crippen molar-refractivity contribution in [3.8, 4) is 0 Å². The molecule has 0 saturated heterocycles. The molecule has 1 unspecified atom stereocenters. The third kappa shape index (κ3) is 3.38. The monoisotopic (exact) mass is 187 g/mol. The van der Waals surface area contributed by atoms with Gasteiger partial charge in [0.1, 0.15) is 11.6 Å². The lowest BCUT2D eigenvalue weighted by Crippen LogP contribution is -2.15. The van der Waals surface area contributed by atoms with E-state index in [4.69, 9.17) is 5.11 Å². The third-order valence-corrected chi connectivity index (χ3v) is 1.46. The molecule has 72 valence electrons. The van der Waals surface area contributed by atoms with E-state index in [1.807, 2.05) is 0 Å². The van der Waals surface area contributed by atoms with E-state index in [1.54, 1.807) is 6.92 Å². The van der Waals surface area contributed by atoms with Gasteiger partial charge < -0.3 is 10.4 Å². The average Bonchev–Trinajstić information content (AvgIpc) is 1.99. The maximum atomic E-state index is 12.6. The molecule has 0 amide bonds. The molecule has 0 aliphatic rings. The summed E-state index contributed by atoms with van der Waals surface area (Å²) in [5, 5.41) is 11.6. The van der Waals surface area contributed by atoms with Crippen LogP contribution in [0.5, 0.6) is 0 Å². The van der Waals surface area contributed by atoms with Crippen LogP contribution in [0.4, 0.5) is 14.5 Å². The third-order valence-electron chi connectivity index (χ3n) is 1.46. The Morgan fingerprint density at radius 1 is 1.31 bits per heavy atom. The molecule has 0 spiro atoms. The molecule has 1 rings (SSSR count). The fraction of sp³-hybridized carbons (Fsp3) is 0.333. The molecule has 1 aromatic rings. The molecular formula is C9H11F2NO. The van der Waals surface area contributed by atoms with Crippen molar-refractivity contribution in [1.29, 1.82) is 0 Å². The summed E-state index contributed by atoms with van der Waals surface area (Å²) in [4.78, 5) is 0. The van der Waals surface area contributed by atoms with E-state index in [0.717, 1.165) is 6.07 Å². The van der Waals surface area contributed by atoms with Crippen molar-refractivity contribution < 1.29 is 13.9 Å². The zero-order chi connectivity index (χ0) is 9.84. The van der Waals surface area contributed by atoms with Gasteiger partial charge >= 0.3 is 0 Å². The Bertz CT molecular complexity index is 269. The van der Waals surface area contributed by atoms with Crippen LogP contribution < -0.4 is 5.32 Å². The minimum Gasteiger partial charge on any atom is -0.392 e. The normalized spacial score (nSPS) is 12.6. The Morgan fingerprint density at radius 3 is 2.31 bits per heavy atom. The van der Waals surface area contributed by atoms with Gasteiger partial charge in [-0.15, -0.1) is 0 Å². The lowest BCUT2D eigenvalue weighted by Gasteiger charge is -2.08. The Kier molecular flexibility index (Phi) is 3.19. The van der Waals surface area contributed by atoms with Crippen LogP contribution in [0, 0.1) is 11.6 Å². The van der Waals surface area contributed by atoms with Gasteiger partial charge in [-0.2, -0.15) is 0 Å². The van der Waals surface area contributed by atoms with Gasteiger partial charge in [-0.25, -0.2) is 8.78 Å². The van der Waals surface area contributed by atoms with Crippen LogP contribution >= 0.6 is 0 Å². The fourth-order valence-electron chi connectivity index (χ4n) is 0.921. The fourth-order valence-corrected chi connectivity index (χ4v) is 0.921. The molecule has 2 nitrogen and oxygen atoms in total. The molecule has 0 aliphatic heterocycles. The highest BCUT2D eigenvalue weighted by Gasteiger charge is 2.00. The van der Waals surface area contributed by atoms with Gasteiger partial charge in [-0.1, -0.05) is 0 Å². The van der Waals surface area contributed by atoms with Crippen molar-refractivity contribution in [2.75, 3.05) is 11.9 Å². The number of rotatable bonds is 3. The van der Waals surface area contributed by atoms with Crippen LogP contribution in [0.15, 0.2) is 18.2 Å². The highest BCUT2D eigenvalue weighted by molar-refractivity contribution is 5.43. The van der Waals surface area contributed by atoms with Crippen LogP contribution in [0.3, 0.4) is 0 Å². The molecule has 0 radical (unpaired) electrons. The Morgan fingerprint density at radius 2 is 1.85 bits per heavy atom. The summed E-state index contributed by atoms with van der Waals surface area (Å²) in [7, 11) is 0. The summed E-state index contributed by atoms with van der Waals surface area (Å²) in [5.41, 5.74) is 0.332. The van der Waals surface area contributed by atoms with Crippen LogP contribution in [0.25, 0.3) is 0 Å². The number of halogens is 2. The quantitative estimate of drug-likeness (QED) is 0.755. The number of aliphatic hydroxyl groups is 1. The summed E-state index contributed by atoms with van der Waals surface area (Å²) < 4.78 is 25.2. The zero-order valence-corrected chi connectivity index (χ0v) is 7.22. The molecule has 2 N–H and O–H groups in total. The topological polar surface area (TPSA) is 32.3 Å². The first-order valence-electron chi connectivity index (χ1n) is 3.96. The van der Waals surface area contributed by atoms with Crippen LogP contribution in [0.2, 0.25) is 0 Å². The number of aliphatic hydroxyl groups excluding tert-OH is 1. The van der Waals surface area contributed by atoms with Gasteiger partial charge in [0, 0.05) is 18.3 Å². The van der Waals surface area contributed by atoms with Crippen molar-refractivity contribution in [2.45, 2.75) is 13.0 Å². The minimum absolute atomic E-state index is 0.267. The molecule has 0 fully saturated rings. The summed E-state index contributed by atoms with van der Waals surface area (Å²) in [6.45, 7) is 1.85. The first kappa shape index (κ1) is 9.92. The minimum atomic E-state index is -0.631. The maximum Gasteiger partial charge on any atom is 0.128 e. The number of anilines is 1. The van der Waals surface area contributed by atoms with E-state index in [-0.39, 0.29) is 6.54 Å². The molecule has 0 heterocycles. The van der Waals surface area contributed by atoms with Crippen molar-refractivity contribution in [3.05, 3.63) is 29.8 Å². The molecule has 0 saturated carbocycles. The largest absolute Gasteiger partial charge is 0.392 e. The van der Waals surface area contributed by atoms with Gasteiger partial charge in [-0.3, -0.25) is 0 Å². The van der Waals surface area contributed by atoms with Gasteiger partial charge in [0.05, 0.1) is 6.10 Å². The lowest BCUT2D eigenvalue weighted by atomic mass is 10.3. The van der Waals surface area contributed by atoms with Crippen molar-refractivity contribution in [1.82, 2.24) is 0 Å². The standard InChI is InChI=1S/C9H11F2NO/c1-6(13)5-12-9-3-7(10)2-8(11)4-9/h2-4,6,12-13H,5H2,1H3. The second-order valence-electron chi connectivity index (χ2n) is 2.89. The number of benzene rings is 1. The molecule has 1 atom stereocenters. The smallest absolute Gasteiger partial charge is 0.128 e. The van der Waals surface area contributed by atoms with E-state index in [2.05, 4.69) is 5.32 Å². The van der Waals surface area contributed by atoms with E-state index in [9.17, 15) is 8.78 Å². The summed E-state index contributed by atoms with van der Waals surface area (Å²) in [5.74, 6) is -1.26. The Labute approximate surface area is 75.2 Å². The molecular weight excluding hydrogens is 176 g/mol. The summed E-state index contributed by atoms with van der Waals surface area (Å²) >= 11 is 0. The molecule has 0 bridgehead atoms. The van der Waals surface area contributed by atoms with Gasteiger partial charge in [0.2, 0.25) is 0 Å². The first-order chi connectivity index (χ1) is 6.08. The summed E-state index contributed by atoms with van der Waals surface area (Å²) in [6.07, 6.45) is -0.550. The molecule has 1 aromatic carbocycles. The van der Waals surface area contributed by atoms with Gasteiger partial charge in [-0.05, 0) is 19.1 Å². The second-order valence-corrected chi connectivity index (χ2v) is 2.89. The van der Waals surface area contributed by atoms with Crippen LogP contribution in [0.1, 0.15) is 6.92 Å². The highest BCUT2D eigenvalue weighted by Crippen LogP contribution is 2.12. The first-order valence-corrected chi connectivity index (χ1v) is 3.96. The highest BCUT2D eigenvalue weighted by atomic mass is 19.1. The number of hydrogen-bond acceptors (Lipinski definition) is 2. The van der Waals surface area contributed by atoms with E-state index in [1.165, 1.54) is 12.1 Å². The van der Waals surface area contributed by atoms with Crippen molar-refractivity contribution in [2.24, 2.45) is 0 Å². The predicted octanol–water partition coefficient (Wildman–Crippen LogP) is 1.76. The SMILES string of the molecule is CC(O)CNc1cc(F)cc(F)c1. The lowest BCUT2D eigenvalue weighted by molar-refractivity contribution is 0.208. The van der Waals surface area contributed by atoms with Crippen molar-refractivity contribution >= 4 is 5.69 Å².